The number of para-hydroxylation sites is 1. The molecule has 0 amide bonds. The van der Waals surface area contributed by atoms with E-state index in [0.717, 1.165) is 29.9 Å². The molecular weight excluding hydrogens is 266 g/mol. The Morgan fingerprint density at radius 1 is 1.24 bits per heavy atom. The topological polar surface area (TPSA) is 53.7 Å². The molecule has 0 aliphatic heterocycles. The van der Waals surface area contributed by atoms with E-state index in [-0.39, 0.29) is 11.6 Å². The van der Waals surface area contributed by atoms with Gasteiger partial charge in [-0.2, -0.15) is 0 Å². The molecule has 1 rings (SSSR count). The van der Waals surface area contributed by atoms with Crippen molar-refractivity contribution in [3.63, 3.8) is 0 Å². The number of rotatable bonds is 9. The highest BCUT2D eigenvalue weighted by Gasteiger charge is 2.18. The lowest BCUT2D eigenvalue weighted by molar-refractivity contribution is 0.00512. The lowest BCUT2D eigenvalue weighted by Gasteiger charge is -2.24. The predicted molar refractivity (Wildman–Crippen MR) is 86.2 cm³/mol. The van der Waals surface area contributed by atoms with E-state index in [2.05, 4.69) is 0 Å². The summed E-state index contributed by atoms with van der Waals surface area (Å²) in [5.41, 5.74) is 6.82. The average molecular weight is 295 g/mol. The minimum Gasteiger partial charge on any atom is -0.490 e. The van der Waals surface area contributed by atoms with Crippen molar-refractivity contribution in [3.05, 3.63) is 23.8 Å². The zero-order chi connectivity index (χ0) is 15.9. The Balaban J connectivity index is 2.85. The summed E-state index contributed by atoms with van der Waals surface area (Å²) in [5, 5.41) is 0. The SMILES string of the molecule is CCOc1cccc(CC(C)N)c1OCCC(C)(C)OC. The minimum atomic E-state index is -0.193. The van der Waals surface area contributed by atoms with Crippen LogP contribution >= 0.6 is 0 Å². The van der Waals surface area contributed by atoms with Crippen LogP contribution in [-0.2, 0) is 11.2 Å². The van der Waals surface area contributed by atoms with Crippen molar-refractivity contribution in [1.29, 1.82) is 0 Å². The quantitative estimate of drug-likeness (QED) is 0.760. The fourth-order valence-corrected chi connectivity index (χ4v) is 2.00. The number of benzene rings is 1. The first-order chi connectivity index (χ1) is 9.89. The van der Waals surface area contributed by atoms with Gasteiger partial charge in [-0.05, 0) is 45.7 Å². The first kappa shape index (κ1) is 17.8. The molecule has 2 N–H and O–H groups in total. The summed E-state index contributed by atoms with van der Waals surface area (Å²) in [6.07, 6.45) is 1.57. The third kappa shape index (κ3) is 5.94. The second-order valence-electron chi connectivity index (χ2n) is 5.92. The van der Waals surface area contributed by atoms with Gasteiger partial charge in [0.15, 0.2) is 11.5 Å². The van der Waals surface area contributed by atoms with Gasteiger partial charge >= 0.3 is 0 Å². The van der Waals surface area contributed by atoms with Gasteiger partial charge in [0, 0.05) is 19.6 Å². The van der Waals surface area contributed by atoms with Crippen molar-refractivity contribution < 1.29 is 14.2 Å². The first-order valence-corrected chi connectivity index (χ1v) is 7.58. The molecule has 1 aromatic carbocycles. The molecule has 0 aliphatic rings. The largest absolute Gasteiger partial charge is 0.490 e. The van der Waals surface area contributed by atoms with Crippen LogP contribution in [-0.4, -0.2) is 32.0 Å². The standard InChI is InChI=1S/C17H29NO3/c1-6-20-15-9-7-8-14(12-13(2)18)16(15)21-11-10-17(3,4)19-5/h7-9,13H,6,10-12,18H2,1-5H3. The second kappa shape index (κ2) is 8.25. The van der Waals surface area contributed by atoms with Crippen LogP contribution in [0.5, 0.6) is 11.5 Å². The van der Waals surface area contributed by atoms with Crippen molar-refractivity contribution in [2.24, 2.45) is 5.73 Å². The fourth-order valence-electron chi connectivity index (χ4n) is 2.00. The maximum absolute atomic E-state index is 6.00. The third-order valence-corrected chi connectivity index (χ3v) is 3.41. The van der Waals surface area contributed by atoms with E-state index in [4.69, 9.17) is 19.9 Å². The van der Waals surface area contributed by atoms with Crippen molar-refractivity contribution in [2.75, 3.05) is 20.3 Å². The van der Waals surface area contributed by atoms with Gasteiger partial charge in [-0.1, -0.05) is 12.1 Å². The van der Waals surface area contributed by atoms with E-state index in [1.165, 1.54) is 0 Å². The zero-order valence-corrected chi connectivity index (χ0v) is 13.9. The molecule has 120 valence electrons. The normalized spacial score (nSPS) is 13.0. The lowest BCUT2D eigenvalue weighted by atomic mass is 10.0. The van der Waals surface area contributed by atoms with E-state index in [1.54, 1.807) is 7.11 Å². The molecule has 4 heteroatoms. The van der Waals surface area contributed by atoms with Gasteiger partial charge in [0.2, 0.25) is 0 Å². The van der Waals surface area contributed by atoms with Crippen LogP contribution in [0.1, 0.15) is 39.7 Å². The molecular formula is C17H29NO3. The Hall–Kier alpha value is -1.26. The molecule has 4 nitrogen and oxygen atoms in total. The summed E-state index contributed by atoms with van der Waals surface area (Å²) in [6.45, 7) is 9.25. The van der Waals surface area contributed by atoms with Crippen molar-refractivity contribution in [3.8, 4) is 11.5 Å². The van der Waals surface area contributed by atoms with Gasteiger partial charge in [0.05, 0.1) is 18.8 Å². The Bertz CT molecular complexity index is 430. The van der Waals surface area contributed by atoms with Gasteiger partial charge in [-0.15, -0.1) is 0 Å². The van der Waals surface area contributed by atoms with Crippen molar-refractivity contribution in [1.82, 2.24) is 0 Å². The van der Waals surface area contributed by atoms with E-state index in [9.17, 15) is 0 Å². The minimum absolute atomic E-state index is 0.0830. The molecule has 0 saturated heterocycles. The van der Waals surface area contributed by atoms with E-state index >= 15 is 0 Å². The van der Waals surface area contributed by atoms with Gasteiger partial charge in [0.25, 0.3) is 0 Å². The van der Waals surface area contributed by atoms with Crippen LogP contribution in [0.15, 0.2) is 18.2 Å². The molecule has 1 atom stereocenters. The summed E-state index contributed by atoms with van der Waals surface area (Å²) in [4.78, 5) is 0. The zero-order valence-electron chi connectivity index (χ0n) is 13.9. The smallest absolute Gasteiger partial charge is 0.164 e. The first-order valence-electron chi connectivity index (χ1n) is 7.58. The molecule has 0 radical (unpaired) electrons. The highest BCUT2D eigenvalue weighted by atomic mass is 16.5. The number of hydrogen-bond donors (Lipinski definition) is 1. The van der Waals surface area contributed by atoms with Crippen LogP contribution in [0.2, 0.25) is 0 Å². The molecule has 0 heterocycles. The Labute approximate surface area is 128 Å². The molecule has 0 aliphatic carbocycles. The summed E-state index contributed by atoms with van der Waals surface area (Å²) in [6, 6.07) is 6.04. The Morgan fingerprint density at radius 3 is 2.52 bits per heavy atom. The van der Waals surface area contributed by atoms with Gasteiger partial charge in [-0.25, -0.2) is 0 Å². The van der Waals surface area contributed by atoms with Crippen LogP contribution < -0.4 is 15.2 Å². The number of nitrogens with two attached hydrogens (primary N) is 1. The summed E-state index contributed by atoms with van der Waals surface area (Å²) < 4.78 is 17.1. The van der Waals surface area contributed by atoms with Gasteiger partial charge < -0.3 is 19.9 Å². The van der Waals surface area contributed by atoms with Crippen LogP contribution in [0.25, 0.3) is 0 Å². The molecule has 0 spiro atoms. The molecule has 0 aromatic heterocycles. The van der Waals surface area contributed by atoms with Crippen LogP contribution in [0.3, 0.4) is 0 Å². The van der Waals surface area contributed by atoms with Crippen LogP contribution in [0, 0.1) is 0 Å². The van der Waals surface area contributed by atoms with Crippen LogP contribution in [0.4, 0.5) is 0 Å². The number of ether oxygens (including phenoxy) is 3. The van der Waals surface area contributed by atoms with E-state index in [0.29, 0.717) is 13.2 Å². The van der Waals surface area contributed by atoms with Crippen molar-refractivity contribution >= 4 is 0 Å². The third-order valence-electron chi connectivity index (χ3n) is 3.41. The fraction of sp³-hybridized carbons (Fsp3) is 0.647. The predicted octanol–water partition coefficient (Wildman–Crippen LogP) is 3.17. The molecule has 1 unspecified atom stereocenters. The molecule has 21 heavy (non-hydrogen) atoms. The summed E-state index contributed by atoms with van der Waals surface area (Å²) in [7, 11) is 1.72. The highest BCUT2D eigenvalue weighted by molar-refractivity contribution is 5.47. The van der Waals surface area contributed by atoms with Crippen molar-refractivity contribution in [2.45, 2.75) is 52.2 Å². The molecule has 0 bridgehead atoms. The number of methoxy groups -OCH3 is 1. The maximum atomic E-state index is 6.00. The Morgan fingerprint density at radius 2 is 1.95 bits per heavy atom. The van der Waals surface area contributed by atoms with E-state index < -0.39 is 0 Å². The van der Waals surface area contributed by atoms with Gasteiger partial charge in [0.1, 0.15) is 0 Å². The molecule has 0 saturated carbocycles. The molecule has 0 fully saturated rings. The van der Waals surface area contributed by atoms with E-state index in [1.807, 2.05) is 45.9 Å². The maximum Gasteiger partial charge on any atom is 0.164 e. The summed E-state index contributed by atoms with van der Waals surface area (Å²) in [5.74, 6) is 1.59. The number of hydrogen-bond acceptors (Lipinski definition) is 4. The second-order valence-corrected chi connectivity index (χ2v) is 5.92. The van der Waals surface area contributed by atoms with Gasteiger partial charge in [-0.3, -0.25) is 0 Å². The monoisotopic (exact) mass is 295 g/mol. The lowest BCUT2D eigenvalue weighted by Crippen LogP contribution is -2.25. The summed E-state index contributed by atoms with van der Waals surface area (Å²) >= 11 is 0. The molecule has 1 aromatic rings. The Kier molecular flexibility index (Phi) is 6.99. The highest BCUT2D eigenvalue weighted by Crippen LogP contribution is 2.32. The average Bonchev–Trinajstić information content (AvgIpc) is 2.41.